The third-order valence-corrected chi connectivity index (χ3v) is 3.75. The molecule has 126 valence electrons. The quantitative estimate of drug-likeness (QED) is 0.729. The number of benzene rings is 1. The lowest BCUT2D eigenvalue weighted by Crippen LogP contribution is -2.21. The summed E-state index contributed by atoms with van der Waals surface area (Å²) in [6.45, 7) is 3.70. The number of carbonyl (C=O) groups excluding carboxylic acids is 1. The summed E-state index contributed by atoms with van der Waals surface area (Å²) in [5, 5.41) is 7.15. The molecule has 0 fully saturated rings. The molecule has 2 heterocycles. The van der Waals surface area contributed by atoms with Crippen molar-refractivity contribution in [1.82, 2.24) is 20.1 Å². The highest BCUT2D eigenvalue weighted by Gasteiger charge is 2.12. The first-order valence-electron chi connectivity index (χ1n) is 7.72. The number of amides is 1. The van der Waals surface area contributed by atoms with Gasteiger partial charge in [-0.1, -0.05) is 18.7 Å². The summed E-state index contributed by atoms with van der Waals surface area (Å²) in [5.74, 6) is -0.554. The van der Waals surface area contributed by atoms with Crippen LogP contribution in [0.4, 0.5) is 4.39 Å². The van der Waals surface area contributed by atoms with E-state index in [1.807, 2.05) is 25.4 Å². The summed E-state index contributed by atoms with van der Waals surface area (Å²) in [5.41, 5.74) is 3.96. The Kier molecular flexibility index (Phi) is 4.70. The van der Waals surface area contributed by atoms with E-state index in [1.165, 1.54) is 18.2 Å². The minimum atomic E-state index is -0.287. The van der Waals surface area contributed by atoms with Crippen LogP contribution in [0.5, 0.6) is 0 Å². The molecule has 0 bridgehead atoms. The molecule has 25 heavy (non-hydrogen) atoms. The standard InChI is InChI=1S/C19H17FN4O/c1-3-19(25)22-12-18-16(17-8-9-24(2)23-17)10-14(11-21-18)13-4-6-15(20)7-5-13/h3-11H,1,12H2,2H3,(H,22,25). The molecule has 6 heteroatoms. The van der Waals surface area contributed by atoms with Crippen molar-refractivity contribution in [3.63, 3.8) is 0 Å². The second kappa shape index (κ2) is 7.09. The number of pyridine rings is 1. The number of halogens is 1. The van der Waals surface area contributed by atoms with Gasteiger partial charge in [0.05, 0.1) is 17.9 Å². The molecule has 0 saturated carbocycles. The van der Waals surface area contributed by atoms with Gasteiger partial charge in [0.2, 0.25) is 5.91 Å². The lowest BCUT2D eigenvalue weighted by molar-refractivity contribution is -0.116. The zero-order chi connectivity index (χ0) is 17.8. The number of aromatic nitrogens is 3. The Balaban J connectivity index is 2.02. The molecule has 5 nitrogen and oxygen atoms in total. The van der Waals surface area contributed by atoms with Gasteiger partial charge < -0.3 is 5.32 Å². The van der Waals surface area contributed by atoms with Crippen LogP contribution in [0.15, 0.2) is 61.4 Å². The molecule has 1 amide bonds. The van der Waals surface area contributed by atoms with E-state index in [1.54, 1.807) is 23.0 Å². The number of nitrogens with zero attached hydrogens (tertiary/aromatic N) is 3. The van der Waals surface area contributed by atoms with E-state index < -0.39 is 0 Å². The van der Waals surface area contributed by atoms with Crippen LogP contribution in [0, 0.1) is 5.82 Å². The van der Waals surface area contributed by atoms with Gasteiger partial charge in [0.1, 0.15) is 5.82 Å². The van der Waals surface area contributed by atoms with Gasteiger partial charge in [-0.3, -0.25) is 14.5 Å². The van der Waals surface area contributed by atoms with Crippen LogP contribution in [0.25, 0.3) is 22.4 Å². The average Bonchev–Trinajstić information content (AvgIpc) is 3.06. The first-order valence-corrected chi connectivity index (χ1v) is 7.72. The lowest BCUT2D eigenvalue weighted by atomic mass is 10.0. The molecule has 0 aliphatic rings. The van der Waals surface area contributed by atoms with Crippen molar-refractivity contribution in [3.05, 3.63) is 73.0 Å². The van der Waals surface area contributed by atoms with E-state index in [4.69, 9.17) is 0 Å². The fourth-order valence-corrected chi connectivity index (χ4v) is 2.46. The molecule has 0 spiro atoms. The maximum absolute atomic E-state index is 13.1. The van der Waals surface area contributed by atoms with Crippen LogP contribution >= 0.6 is 0 Å². The Bertz CT molecular complexity index is 915. The van der Waals surface area contributed by atoms with Gasteiger partial charge in [-0.15, -0.1) is 0 Å². The number of hydrogen-bond donors (Lipinski definition) is 1. The van der Waals surface area contributed by atoms with Crippen molar-refractivity contribution in [1.29, 1.82) is 0 Å². The minimum absolute atomic E-state index is 0.264. The van der Waals surface area contributed by atoms with Crippen LogP contribution in [0.3, 0.4) is 0 Å². The minimum Gasteiger partial charge on any atom is -0.347 e. The molecular formula is C19H17FN4O. The van der Waals surface area contributed by atoms with Crippen molar-refractivity contribution in [2.45, 2.75) is 6.54 Å². The Morgan fingerprint density at radius 2 is 2.04 bits per heavy atom. The molecule has 2 aromatic heterocycles. The highest BCUT2D eigenvalue weighted by molar-refractivity contribution is 5.87. The molecule has 3 aromatic rings. The van der Waals surface area contributed by atoms with Crippen LogP contribution in [0.1, 0.15) is 5.69 Å². The SMILES string of the molecule is C=CC(=O)NCc1ncc(-c2ccc(F)cc2)cc1-c1ccn(C)n1. The summed E-state index contributed by atoms with van der Waals surface area (Å²) < 4.78 is 14.8. The number of nitrogens with one attached hydrogen (secondary N) is 1. The zero-order valence-corrected chi connectivity index (χ0v) is 13.7. The fourth-order valence-electron chi connectivity index (χ4n) is 2.46. The molecular weight excluding hydrogens is 319 g/mol. The predicted molar refractivity (Wildman–Crippen MR) is 93.9 cm³/mol. The smallest absolute Gasteiger partial charge is 0.243 e. The van der Waals surface area contributed by atoms with E-state index in [9.17, 15) is 9.18 Å². The highest BCUT2D eigenvalue weighted by Crippen LogP contribution is 2.27. The number of hydrogen-bond acceptors (Lipinski definition) is 3. The number of rotatable bonds is 5. The van der Waals surface area contributed by atoms with Crippen LogP contribution in [-0.4, -0.2) is 20.7 Å². The first-order chi connectivity index (χ1) is 12.1. The van der Waals surface area contributed by atoms with Gasteiger partial charge >= 0.3 is 0 Å². The molecule has 0 aliphatic heterocycles. The van der Waals surface area contributed by atoms with E-state index in [2.05, 4.69) is 22.0 Å². The monoisotopic (exact) mass is 336 g/mol. The topological polar surface area (TPSA) is 59.8 Å². The Morgan fingerprint density at radius 1 is 1.28 bits per heavy atom. The van der Waals surface area contributed by atoms with E-state index in [0.29, 0.717) is 5.69 Å². The zero-order valence-electron chi connectivity index (χ0n) is 13.7. The second-order valence-electron chi connectivity index (χ2n) is 5.52. The summed E-state index contributed by atoms with van der Waals surface area (Å²) in [6.07, 6.45) is 4.76. The molecule has 1 N–H and O–H groups in total. The Morgan fingerprint density at radius 3 is 2.68 bits per heavy atom. The van der Waals surface area contributed by atoms with Crippen molar-refractivity contribution in [2.75, 3.05) is 0 Å². The largest absolute Gasteiger partial charge is 0.347 e. The maximum Gasteiger partial charge on any atom is 0.243 e. The lowest BCUT2D eigenvalue weighted by Gasteiger charge is -2.10. The van der Waals surface area contributed by atoms with E-state index in [0.717, 1.165) is 22.4 Å². The third-order valence-electron chi connectivity index (χ3n) is 3.75. The van der Waals surface area contributed by atoms with Gasteiger partial charge in [-0.2, -0.15) is 5.10 Å². The summed E-state index contributed by atoms with van der Waals surface area (Å²) in [6, 6.07) is 10.0. The molecule has 0 saturated heterocycles. The van der Waals surface area contributed by atoms with Crippen molar-refractivity contribution in [3.8, 4) is 22.4 Å². The Hall–Kier alpha value is -3.28. The molecule has 1 aromatic carbocycles. The van der Waals surface area contributed by atoms with Crippen LogP contribution < -0.4 is 5.32 Å². The normalized spacial score (nSPS) is 10.5. The van der Waals surface area contributed by atoms with Gasteiger partial charge in [0, 0.05) is 30.6 Å². The van der Waals surface area contributed by atoms with Gasteiger partial charge in [0.25, 0.3) is 0 Å². The second-order valence-corrected chi connectivity index (χ2v) is 5.52. The summed E-state index contributed by atoms with van der Waals surface area (Å²) in [7, 11) is 1.83. The first kappa shape index (κ1) is 16.6. The molecule has 0 unspecified atom stereocenters. The summed E-state index contributed by atoms with van der Waals surface area (Å²) >= 11 is 0. The number of carbonyl (C=O) groups is 1. The van der Waals surface area contributed by atoms with E-state index in [-0.39, 0.29) is 18.3 Å². The highest BCUT2D eigenvalue weighted by atomic mass is 19.1. The van der Waals surface area contributed by atoms with Crippen LogP contribution in [-0.2, 0) is 18.4 Å². The average molecular weight is 336 g/mol. The van der Waals surface area contributed by atoms with E-state index >= 15 is 0 Å². The predicted octanol–water partition coefficient (Wildman–Crippen LogP) is 3.09. The van der Waals surface area contributed by atoms with Crippen molar-refractivity contribution < 1.29 is 9.18 Å². The van der Waals surface area contributed by atoms with Gasteiger partial charge in [0.15, 0.2) is 0 Å². The maximum atomic E-state index is 13.1. The molecule has 0 radical (unpaired) electrons. The summed E-state index contributed by atoms with van der Waals surface area (Å²) in [4.78, 5) is 15.9. The van der Waals surface area contributed by atoms with Gasteiger partial charge in [-0.05, 0) is 35.9 Å². The molecule has 0 atom stereocenters. The Labute approximate surface area is 144 Å². The van der Waals surface area contributed by atoms with Crippen LogP contribution in [0.2, 0.25) is 0 Å². The molecule has 0 aliphatic carbocycles. The van der Waals surface area contributed by atoms with Crippen molar-refractivity contribution >= 4 is 5.91 Å². The van der Waals surface area contributed by atoms with Crippen molar-refractivity contribution in [2.24, 2.45) is 7.05 Å². The van der Waals surface area contributed by atoms with Gasteiger partial charge in [-0.25, -0.2) is 4.39 Å². The third kappa shape index (κ3) is 3.80. The molecule has 3 rings (SSSR count). The number of aryl methyl sites for hydroxylation is 1. The fraction of sp³-hybridized carbons (Fsp3) is 0.105.